The van der Waals surface area contributed by atoms with Crippen molar-refractivity contribution >= 4 is 10.9 Å². The molecule has 0 saturated carbocycles. The molecule has 2 rings (SSSR count). The average Bonchev–Trinajstić information content (AvgIpc) is 2.51. The third kappa shape index (κ3) is 1.35. The Kier molecular flexibility index (Phi) is 2.10. The highest BCUT2D eigenvalue weighted by Gasteiger charge is 2.15. The lowest BCUT2D eigenvalue weighted by Gasteiger charge is -2.05. The first-order valence-corrected chi connectivity index (χ1v) is 4.96. The van der Waals surface area contributed by atoms with Gasteiger partial charge in [0.15, 0.2) is 0 Å². The van der Waals surface area contributed by atoms with Crippen molar-refractivity contribution in [2.75, 3.05) is 0 Å². The van der Waals surface area contributed by atoms with Crippen LogP contribution in [-0.2, 0) is 0 Å². The molecule has 5 nitrogen and oxygen atoms in total. The lowest BCUT2D eigenvalue weighted by molar-refractivity contribution is 0.545. The van der Waals surface area contributed by atoms with E-state index >= 15 is 0 Å². The number of nitrogens with zero attached hydrogens (tertiary/aromatic N) is 3. The van der Waals surface area contributed by atoms with Crippen LogP contribution in [0.25, 0.3) is 10.9 Å². The van der Waals surface area contributed by atoms with E-state index < -0.39 is 0 Å². The van der Waals surface area contributed by atoms with Crippen LogP contribution in [0.2, 0.25) is 0 Å². The fourth-order valence-electron chi connectivity index (χ4n) is 1.82. The summed E-state index contributed by atoms with van der Waals surface area (Å²) in [4.78, 5) is 11.7. The van der Waals surface area contributed by atoms with Crippen molar-refractivity contribution in [2.45, 2.75) is 33.7 Å². The van der Waals surface area contributed by atoms with Gasteiger partial charge < -0.3 is 0 Å². The van der Waals surface area contributed by atoms with E-state index in [4.69, 9.17) is 0 Å². The molecule has 0 aliphatic rings. The molecule has 0 atom stereocenters. The van der Waals surface area contributed by atoms with Gasteiger partial charge in [0.05, 0.1) is 16.8 Å². The third-order valence-electron chi connectivity index (χ3n) is 2.48. The molecule has 0 aromatic carbocycles. The van der Waals surface area contributed by atoms with Crippen LogP contribution >= 0.6 is 0 Å². The van der Waals surface area contributed by atoms with Gasteiger partial charge in [0.25, 0.3) is 5.56 Å². The van der Waals surface area contributed by atoms with Crippen LogP contribution < -0.4 is 5.56 Å². The van der Waals surface area contributed by atoms with Crippen molar-refractivity contribution in [1.29, 1.82) is 0 Å². The lowest BCUT2D eigenvalue weighted by atomic mass is 10.2. The number of H-pyrrole nitrogens is 1. The van der Waals surface area contributed by atoms with Crippen LogP contribution in [0.3, 0.4) is 0 Å². The molecule has 2 aromatic rings. The van der Waals surface area contributed by atoms with Crippen LogP contribution in [0.1, 0.15) is 31.3 Å². The monoisotopic (exact) mass is 206 g/mol. The van der Waals surface area contributed by atoms with Gasteiger partial charge in [-0.25, -0.2) is 5.10 Å². The summed E-state index contributed by atoms with van der Waals surface area (Å²) < 4.78 is 1.75. The minimum Gasteiger partial charge on any atom is -0.266 e. The largest absolute Gasteiger partial charge is 0.290 e. The molecular formula is C10H14N4O. The predicted octanol–water partition coefficient (Wildman–Crippen LogP) is 1.32. The predicted molar refractivity (Wildman–Crippen MR) is 58.0 cm³/mol. The minimum absolute atomic E-state index is 0.170. The van der Waals surface area contributed by atoms with E-state index in [0.717, 1.165) is 16.8 Å². The quantitative estimate of drug-likeness (QED) is 0.765. The summed E-state index contributed by atoms with van der Waals surface area (Å²) in [6.45, 7) is 7.77. The maximum Gasteiger partial charge on any atom is 0.290 e. The molecule has 0 radical (unpaired) electrons. The summed E-state index contributed by atoms with van der Waals surface area (Å²) in [5.74, 6) is 0. The van der Waals surface area contributed by atoms with Gasteiger partial charge in [-0.05, 0) is 27.7 Å². The zero-order chi connectivity index (χ0) is 11.2. The van der Waals surface area contributed by atoms with Gasteiger partial charge in [-0.1, -0.05) is 0 Å². The Bertz CT molecular complexity index is 565. The number of rotatable bonds is 1. The Morgan fingerprint density at radius 1 is 1.27 bits per heavy atom. The summed E-state index contributed by atoms with van der Waals surface area (Å²) in [5.41, 5.74) is 2.11. The number of aryl methyl sites for hydroxylation is 2. The van der Waals surface area contributed by atoms with E-state index in [1.165, 1.54) is 0 Å². The van der Waals surface area contributed by atoms with Gasteiger partial charge in [-0.15, -0.1) is 0 Å². The smallest absolute Gasteiger partial charge is 0.266 e. The van der Waals surface area contributed by atoms with Gasteiger partial charge in [-0.3, -0.25) is 9.48 Å². The topological polar surface area (TPSA) is 63.6 Å². The minimum atomic E-state index is -0.176. The van der Waals surface area contributed by atoms with E-state index in [9.17, 15) is 4.79 Å². The molecule has 0 bridgehead atoms. The van der Waals surface area contributed by atoms with E-state index in [2.05, 4.69) is 15.3 Å². The van der Waals surface area contributed by atoms with Gasteiger partial charge >= 0.3 is 0 Å². The number of hydrogen-bond acceptors (Lipinski definition) is 3. The summed E-state index contributed by atoms with van der Waals surface area (Å²) >= 11 is 0. The van der Waals surface area contributed by atoms with Crippen LogP contribution in [-0.4, -0.2) is 20.0 Å². The second-order valence-electron chi connectivity index (χ2n) is 3.99. The van der Waals surface area contributed by atoms with Crippen LogP contribution in [0, 0.1) is 13.8 Å². The molecule has 0 aliphatic carbocycles. The maximum absolute atomic E-state index is 11.7. The van der Waals surface area contributed by atoms with Crippen LogP contribution in [0.5, 0.6) is 0 Å². The number of aromatic nitrogens is 4. The molecule has 0 saturated heterocycles. The molecule has 5 heteroatoms. The molecule has 2 aromatic heterocycles. The Morgan fingerprint density at radius 3 is 2.53 bits per heavy atom. The van der Waals surface area contributed by atoms with Crippen molar-refractivity contribution in [3.8, 4) is 0 Å². The maximum atomic E-state index is 11.7. The van der Waals surface area contributed by atoms with Crippen molar-refractivity contribution in [3.05, 3.63) is 21.7 Å². The molecule has 0 aliphatic heterocycles. The van der Waals surface area contributed by atoms with Gasteiger partial charge in [0.1, 0.15) is 5.52 Å². The van der Waals surface area contributed by atoms with Crippen molar-refractivity contribution in [2.24, 2.45) is 0 Å². The average molecular weight is 206 g/mol. The molecule has 0 unspecified atom stereocenters. The Morgan fingerprint density at radius 2 is 1.93 bits per heavy atom. The molecule has 80 valence electrons. The first-order valence-electron chi connectivity index (χ1n) is 4.96. The molecule has 2 heterocycles. The highest BCUT2D eigenvalue weighted by Crippen LogP contribution is 2.19. The molecule has 0 amide bonds. The number of hydrogen-bond donors (Lipinski definition) is 1. The van der Waals surface area contributed by atoms with E-state index in [0.29, 0.717) is 5.52 Å². The zero-order valence-electron chi connectivity index (χ0n) is 9.33. The van der Waals surface area contributed by atoms with Crippen molar-refractivity contribution in [1.82, 2.24) is 20.0 Å². The number of aromatic amines is 1. The normalized spacial score (nSPS) is 11.5. The lowest BCUT2D eigenvalue weighted by Crippen LogP contribution is -2.15. The molecule has 15 heavy (non-hydrogen) atoms. The fraction of sp³-hybridized carbons (Fsp3) is 0.500. The molecule has 1 N–H and O–H groups in total. The molecular weight excluding hydrogens is 192 g/mol. The van der Waals surface area contributed by atoms with Crippen molar-refractivity contribution < 1.29 is 0 Å². The fourth-order valence-corrected chi connectivity index (χ4v) is 1.82. The SMILES string of the molecule is Cc1n[nH]c(=O)c2c1c(C)nn2C(C)C. The van der Waals surface area contributed by atoms with Gasteiger partial charge in [-0.2, -0.15) is 10.2 Å². The highest BCUT2D eigenvalue weighted by atomic mass is 16.1. The summed E-state index contributed by atoms with van der Waals surface area (Å²) in [7, 11) is 0. The van der Waals surface area contributed by atoms with E-state index in [1.807, 2.05) is 27.7 Å². The van der Waals surface area contributed by atoms with Crippen LogP contribution in [0.15, 0.2) is 4.79 Å². The van der Waals surface area contributed by atoms with Crippen LogP contribution in [0.4, 0.5) is 0 Å². The Hall–Kier alpha value is -1.65. The first kappa shape index (κ1) is 9.89. The number of fused-ring (bicyclic) bond motifs is 1. The summed E-state index contributed by atoms with van der Waals surface area (Å²) in [6.07, 6.45) is 0. The third-order valence-corrected chi connectivity index (χ3v) is 2.48. The Balaban J connectivity index is 2.99. The van der Waals surface area contributed by atoms with Gasteiger partial charge in [0.2, 0.25) is 0 Å². The van der Waals surface area contributed by atoms with Gasteiger partial charge in [0, 0.05) is 6.04 Å². The van der Waals surface area contributed by atoms with Crippen molar-refractivity contribution in [3.63, 3.8) is 0 Å². The molecule has 0 spiro atoms. The highest BCUT2D eigenvalue weighted by molar-refractivity contribution is 5.82. The standard InChI is InChI=1S/C10H14N4O/c1-5(2)14-9-8(7(4)13-14)6(3)11-12-10(9)15/h5H,1-4H3,(H,12,15). The van der Waals surface area contributed by atoms with E-state index in [1.54, 1.807) is 4.68 Å². The summed E-state index contributed by atoms with van der Waals surface area (Å²) in [5, 5.41) is 11.7. The second-order valence-corrected chi connectivity index (χ2v) is 3.99. The van der Waals surface area contributed by atoms with E-state index in [-0.39, 0.29) is 11.6 Å². The second kappa shape index (κ2) is 3.18. The number of nitrogens with one attached hydrogen (secondary N) is 1. The summed E-state index contributed by atoms with van der Waals surface area (Å²) in [6, 6.07) is 0.170. The molecule has 0 fully saturated rings. The first-order chi connectivity index (χ1) is 7.02. The Labute approximate surface area is 87.1 Å². The zero-order valence-corrected chi connectivity index (χ0v) is 9.33.